The molecule has 4 atom stereocenters. The molecule has 0 saturated heterocycles. The highest BCUT2D eigenvalue weighted by Crippen LogP contribution is 2.63. The van der Waals surface area contributed by atoms with E-state index in [1.54, 1.807) is 0 Å². The highest BCUT2D eigenvalue weighted by Gasteiger charge is 2.57. The van der Waals surface area contributed by atoms with Crippen LogP contribution in [0.25, 0.3) is 0 Å². The van der Waals surface area contributed by atoms with Crippen LogP contribution in [0.2, 0.25) is 0 Å². The van der Waals surface area contributed by atoms with Gasteiger partial charge in [-0.2, -0.15) is 5.10 Å². The largest absolute Gasteiger partial charge is 0.393 e. The lowest BCUT2D eigenvalue weighted by Gasteiger charge is -2.13. The lowest BCUT2D eigenvalue weighted by Crippen LogP contribution is -2.10. The van der Waals surface area contributed by atoms with Gasteiger partial charge in [0.05, 0.1) is 6.10 Å². The molecule has 1 aromatic rings. The minimum atomic E-state index is -0.0410. The number of aliphatic hydroxyl groups is 1. The number of aliphatic hydroxyl groups excluding tert-OH is 1. The Balaban J connectivity index is 1.86. The lowest BCUT2D eigenvalue weighted by atomic mass is 10.1. The minimum Gasteiger partial charge on any atom is -0.393 e. The maximum atomic E-state index is 9.55. The molecular weight excluding hydrogens is 315 g/mol. The predicted molar refractivity (Wildman–Crippen MR) is 70.3 cm³/mol. The monoisotopic (exact) mass is 332 g/mol. The molecule has 0 amide bonds. The standard InChI is InChI=1S/C12H17IN2O/c1-6(2)15-10(5-11(13)14-15)12-8-3-7(16)4-9(8)12/h5-9,12,16H,3-4H2,1-2H3/t7?,8-,9+,12+. The first-order valence-corrected chi connectivity index (χ1v) is 7.09. The number of hydrogen-bond acceptors (Lipinski definition) is 2. The van der Waals surface area contributed by atoms with E-state index < -0.39 is 0 Å². The molecule has 3 rings (SSSR count). The van der Waals surface area contributed by atoms with Crippen molar-refractivity contribution in [3.63, 3.8) is 0 Å². The van der Waals surface area contributed by atoms with Crippen molar-refractivity contribution in [1.29, 1.82) is 0 Å². The van der Waals surface area contributed by atoms with Crippen LogP contribution < -0.4 is 0 Å². The zero-order chi connectivity index (χ0) is 11.4. The third-order valence-electron chi connectivity index (χ3n) is 3.99. The van der Waals surface area contributed by atoms with Gasteiger partial charge in [-0.3, -0.25) is 4.68 Å². The van der Waals surface area contributed by atoms with E-state index >= 15 is 0 Å². The molecule has 2 aliphatic rings. The predicted octanol–water partition coefficient (Wildman–Crippen LogP) is 2.55. The van der Waals surface area contributed by atoms with E-state index in [1.165, 1.54) is 5.69 Å². The first-order chi connectivity index (χ1) is 7.58. The van der Waals surface area contributed by atoms with Crippen LogP contribution in [-0.2, 0) is 0 Å². The van der Waals surface area contributed by atoms with Crippen molar-refractivity contribution < 1.29 is 5.11 Å². The van der Waals surface area contributed by atoms with Crippen LogP contribution in [0.4, 0.5) is 0 Å². The molecule has 2 saturated carbocycles. The quantitative estimate of drug-likeness (QED) is 0.846. The number of hydrogen-bond donors (Lipinski definition) is 1. The molecular formula is C12H17IN2O. The molecule has 0 aliphatic heterocycles. The van der Waals surface area contributed by atoms with Gasteiger partial charge in [0.1, 0.15) is 3.70 Å². The van der Waals surface area contributed by atoms with Crippen LogP contribution in [0, 0.1) is 15.5 Å². The van der Waals surface area contributed by atoms with Crippen LogP contribution in [0.1, 0.15) is 44.3 Å². The number of rotatable bonds is 2. The average Bonchev–Trinajstić information content (AvgIpc) is 2.60. The Kier molecular flexibility index (Phi) is 2.55. The smallest absolute Gasteiger partial charge is 0.123 e. The summed E-state index contributed by atoms with van der Waals surface area (Å²) in [6.45, 7) is 4.36. The van der Waals surface area contributed by atoms with E-state index in [1.807, 2.05) is 0 Å². The van der Waals surface area contributed by atoms with Gasteiger partial charge in [-0.25, -0.2) is 0 Å². The van der Waals surface area contributed by atoms with Crippen LogP contribution >= 0.6 is 22.6 Å². The molecule has 2 fully saturated rings. The van der Waals surface area contributed by atoms with Crippen molar-refractivity contribution in [3.05, 3.63) is 15.5 Å². The summed E-state index contributed by atoms with van der Waals surface area (Å²) in [7, 11) is 0. The van der Waals surface area contributed by atoms with Crippen LogP contribution in [0.3, 0.4) is 0 Å². The zero-order valence-corrected chi connectivity index (χ0v) is 11.8. The van der Waals surface area contributed by atoms with Gasteiger partial charge in [0.25, 0.3) is 0 Å². The fraction of sp³-hybridized carbons (Fsp3) is 0.750. The highest BCUT2D eigenvalue weighted by atomic mass is 127. The van der Waals surface area contributed by atoms with Gasteiger partial charge >= 0.3 is 0 Å². The van der Waals surface area contributed by atoms with Crippen LogP contribution in [0.5, 0.6) is 0 Å². The number of aromatic nitrogens is 2. The summed E-state index contributed by atoms with van der Waals surface area (Å²) in [5.74, 6) is 2.11. The fourth-order valence-corrected chi connectivity index (χ4v) is 3.84. The Morgan fingerprint density at radius 1 is 1.44 bits per heavy atom. The molecule has 0 bridgehead atoms. The van der Waals surface area contributed by atoms with E-state index in [4.69, 9.17) is 0 Å². The lowest BCUT2D eigenvalue weighted by molar-refractivity contribution is 0.165. The van der Waals surface area contributed by atoms with Crippen molar-refractivity contribution >= 4 is 22.6 Å². The third kappa shape index (κ3) is 1.61. The van der Waals surface area contributed by atoms with Gasteiger partial charge in [0.2, 0.25) is 0 Å². The van der Waals surface area contributed by atoms with Gasteiger partial charge in [-0.15, -0.1) is 0 Å². The Morgan fingerprint density at radius 2 is 2.06 bits per heavy atom. The molecule has 1 aromatic heterocycles. The summed E-state index contributed by atoms with van der Waals surface area (Å²) in [6, 6.07) is 2.65. The summed E-state index contributed by atoms with van der Waals surface area (Å²) in [5.41, 5.74) is 1.39. The molecule has 0 spiro atoms. The van der Waals surface area contributed by atoms with Gasteiger partial charge < -0.3 is 5.11 Å². The van der Waals surface area contributed by atoms with Crippen LogP contribution in [-0.4, -0.2) is 21.0 Å². The van der Waals surface area contributed by atoms with Crippen molar-refractivity contribution in [2.45, 2.75) is 44.8 Å². The molecule has 1 N–H and O–H groups in total. The minimum absolute atomic E-state index is 0.0410. The second-order valence-electron chi connectivity index (χ2n) is 5.41. The third-order valence-corrected chi connectivity index (χ3v) is 4.51. The average molecular weight is 332 g/mol. The molecule has 0 aromatic carbocycles. The van der Waals surface area contributed by atoms with Crippen molar-refractivity contribution in [1.82, 2.24) is 9.78 Å². The normalized spacial score (nSPS) is 36.8. The zero-order valence-electron chi connectivity index (χ0n) is 9.60. The van der Waals surface area contributed by atoms with Gasteiger partial charge in [0.15, 0.2) is 0 Å². The highest BCUT2D eigenvalue weighted by molar-refractivity contribution is 14.1. The van der Waals surface area contributed by atoms with E-state index in [0.29, 0.717) is 12.0 Å². The van der Waals surface area contributed by atoms with Gasteiger partial charge in [-0.1, -0.05) is 0 Å². The van der Waals surface area contributed by atoms with E-state index in [9.17, 15) is 5.11 Å². The molecule has 88 valence electrons. The maximum Gasteiger partial charge on any atom is 0.123 e. The summed E-state index contributed by atoms with van der Waals surface area (Å²) >= 11 is 2.29. The molecule has 3 nitrogen and oxygen atoms in total. The number of fused-ring (bicyclic) bond motifs is 1. The van der Waals surface area contributed by atoms with Crippen molar-refractivity contribution in [2.75, 3.05) is 0 Å². The molecule has 1 unspecified atom stereocenters. The second kappa shape index (κ2) is 3.70. The summed E-state index contributed by atoms with van der Waals surface area (Å²) in [5, 5.41) is 14.1. The SMILES string of the molecule is CC(C)n1nc(I)cc1[C@H]1[C@@H]2CC(O)C[C@@H]21. The van der Waals surface area contributed by atoms with E-state index in [-0.39, 0.29) is 6.10 Å². The Morgan fingerprint density at radius 3 is 2.62 bits per heavy atom. The van der Waals surface area contributed by atoms with Crippen LogP contribution in [0.15, 0.2) is 6.07 Å². The van der Waals surface area contributed by atoms with E-state index in [2.05, 4.69) is 52.3 Å². The van der Waals surface area contributed by atoms with Crippen molar-refractivity contribution in [3.8, 4) is 0 Å². The molecule has 1 heterocycles. The van der Waals surface area contributed by atoms with Gasteiger partial charge in [-0.05, 0) is 67.2 Å². The Labute approximate surface area is 109 Å². The van der Waals surface area contributed by atoms with Crippen molar-refractivity contribution in [2.24, 2.45) is 11.8 Å². The summed E-state index contributed by atoms with van der Waals surface area (Å²) in [6.07, 6.45) is 1.95. The number of halogens is 1. The molecule has 4 heteroatoms. The second-order valence-corrected chi connectivity index (χ2v) is 6.51. The molecule has 2 aliphatic carbocycles. The summed E-state index contributed by atoms with van der Waals surface area (Å²) < 4.78 is 3.25. The molecule has 16 heavy (non-hydrogen) atoms. The van der Waals surface area contributed by atoms with Gasteiger partial charge in [0, 0.05) is 17.7 Å². The first-order valence-electron chi connectivity index (χ1n) is 6.01. The van der Waals surface area contributed by atoms with E-state index in [0.717, 1.165) is 28.4 Å². The number of nitrogens with zero attached hydrogens (tertiary/aromatic N) is 2. The fourth-order valence-electron chi connectivity index (χ4n) is 3.29. The Bertz CT molecular complexity index is 403. The summed E-state index contributed by atoms with van der Waals surface area (Å²) in [4.78, 5) is 0. The maximum absolute atomic E-state index is 9.55. The molecule has 0 radical (unpaired) electrons. The first kappa shape index (κ1) is 11.0. The topological polar surface area (TPSA) is 38.0 Å². The Hall–Kier alpha value is -0.100.